The van der Waals surface area contributed by atoms with Gasteiger partial charge in [0.1, 0.15) is 5.82 Å². The first-order chi connectivity index (χ1) is 21.5. The van der Waals surface area contributed by atoms with E-state index in [-0.39, 0.29) is 6.42 Å². The minimum atomic E-state index is -0.988. The summed E-state index contributed by atoms with van der Waals surface area (Å²) < 4.78 is 12.0. The predicted octanol–water partition coefficient (Wildman–Crippen LogP) is 3.83. The molecule has 1 amide bonds. The van der Waals surface area contributed by atoms with Gasteiger partial charge in [-0.25, -0.2) is 4.79 Å². The van der Waals surface area contributed by atoms with Crippen LogP contribution in [0.25, 0.3) is 10.8 Å². The van der Waals surface area contributed by atoms with Crippen LogP contribution in [-0.2, 0) is 17.7 Å². The number of hydrogen-bond donors (Lipinski definition) is 1. The summed E-state index contributed by atoms with van der Waals surface area (Å²) in [5.41, 5.74) is 4.46. The number of amides is 1. The van der Waals surface area contributed by atoms with Crippen LogP contribution in [0.3, 0.4) is 0 Å². The lowest BCUT2D eigenvalue weighted by Crippen LogP contribution is -2.55. The Bertz CT molecular complexity index is 1590. The first-order valence-electron chi connectivity index (χ1n) is 15.7. The van der Waals surface area contributed by atoms with E-state index in [1.807, 2.05) is 0 Å². The topological polar surface area (TPSA) is 118 Å². The van der Waals surface area contributed by atoms with Crippen LogP contribution in [0.2, 0.25) is 0 Å². The van der Waals surface area contributed by atoms with Crippen molar-refractivity contribution in [3.05, 3.63) is 53.2 Å². The number of ether oxygens (including phenoxy) is 2. The van der Waals surface area contributed by atoms with Crippen molar-refractivity contribution in [1.29, 1.82) is 5.26 Å². The van der Waals surface area contributed by atoms with Gasteiger partial charge in [-0.05, 0) is 43.2 Å². The molecule has 0 spiro atoms. The van der Waals surface area contributed by atoms with E-state index in [0.717, 1.165) is 62.6 Å². The molecule has 0 unspecified atom stereocenters. The van der Waals surface area contributed by atoms with Gasteiger partial charge in [-0.15, -0.1) is 0 Å². The Morgan fingerprint density at radius 1 is 1.14 bits per heavy atom. The van der Waals surface area contributed by atoms with Crippen molar-refractivity contribution < 1.29 is 19.4 Å². The van der Waals surface area contributed by atoms with Gasteiger partial charge in [0.2, 0.25) is 0 Å². The average molecular weight is 598 g/mol. The van der Waals surface area contributed by atoms with E-state index >= 15 is 0 Å². The fourth-order valence-electron chi connectivity index (χ4n) is 7.45. The minimum Gasteiger partial charge on any atom is -0.465 e. The van der Waals surface area contributed by atoms with Crippen molar-refractivity contribution >= 4 is 28.4 Å². The number of rotatable bonds is 8. The van der Waals surface area contributed by atoms with Gasteiger partial charge in [0.25, 0.3) is 0 Å². The molecule has 7 rings (SSSR count). The van der Waals surface area contributed by atoms with E-state index in [2.05, 4.69) is 64.1 Å². The molecule has 4 aliphatic rings. The molecule has 3 saturated heterocycles. The molecule has 2 bridgehead atoms. The molecule has 0 radical (unpaired) electrons. The standard InChI is InChI=1S/C33H39N7O4/c1-22-5-2-6-23-7-3-8-29(30(22)23)38-13-10-27-28(20-38)35-32(43-16-4-12-37-19-26-17-25(37)21-44-26)36-31(27)39-14-15-40(33(41)42)24(18-39)9-11-34/h2-3,5-8,24-26H,4,9-10,12-21H2,1H3,(H,41,42)/t24-,25-,26-/m0/s1. The van der Waals surface area contributed by atoms with Crippen LogP contribution in [-0.4, -0.2) is 102 Å². The number of nitriles is 1. The van der Waals surface area contributed by atoms with E-state index in [1.54, 1.807) is 0 Å². The van der Waals surface area contributed by atoms with Crippen molar-refractivity contribution in [3.8, 4) is 12.1 Å². The summed E-state index contributed by atoms with van der Waals surface area (Å²) in [6.07, 6.45) is 2.30. The highest BCUT2D eigenvalue weighted by molar-refractivity contribution is 5.97. The maximum atomic E-state index is 11.9. The normalized spacial score (nSPS) is 23.2. The van der Waals surface area contributed by atoms with Crippen LogP contribution in [0.15, 0.2) is 36.4 Å². The molecular formula is C33H39N7O4. The molecule has 3 fully saturated rings. The van der Waals surface area contributed by atoms with Gasteiger partial charge < -0.3 is 29.3 Å². The van der Waals surface area contributed by atoms with Gasteiger partial charge in [-0.2, -0.15) is 15.2 Å². The third-order valence-electron chi connectivity index (χ3n) is 9.64. The van der Waals surface area contributed by atoms with Crippen LogP contribution in [0, 0.1) is 18.3 Å². The number of piperazine rings is 1. The van der Waals surface area contributed by atoms with E-state index in [4.69, 9.17) is 19.4 Å². The lowest BCUT2D eigenvalue weighted by Gasteiger charge is -2.41. The third kappa shape index (κ3) is 5.48. The number of carbonyl (C=O) groups is 1. The van der Waals surface area contributed by atoms with Crippen LogP contribution >= 0.6 is 0 Å². The lowest BCUT2D eigenvalue weighted by molar-refractivity contribution is 0.0287. The van der Waals surface area contributed by atoms with Gasteiger partial charge in [0.05, 0.1) is 50.1 Å². The molecular weight excluding hydrogens is 558 g/mol. The average Bonchev–Trinajstić information content (AvgIpc) is 3.66. The number of carboxylic acid groups (broad SMARTS) is 1. The maximum Gasteiger partial charge on any atom is 0.407 e. The fraction of sp³-hybridized carbons (Fsp3) is 0.515. The van der Waals surface area contributed by atoms with Crippen LogP contribution in [0.5, 0.6) is 6.01 Å². The molecule has 0 saturated carbocycles. The van der Waals surface area contributed by atoms with E-state index in [1.165, 1.54) is 26.9 Å². The fourth-order valence-corrected chi connectivity index (χ4v) is 7.45. The number of aryl methyl sites for hydroxylation is 1. The third-order valence-corrected chi connectivity index (χ3v) is 9.64. The van der Waals surface area contributed by atoms with E-state index in [0.29, 0.717) is 50.9 Å². The smallest absolute Gasteiger partial charge is 0.407 e. The Balaban J connectivity index is 1.15. The van der Waals surface area contributed by atoms with Crippen LogP contribution in [0.4, 0.5) is 16.3 Å². The summed E-state index contributed by atoms with van der Waals surface area (Å²) in [6, 6.07) is 15.5. The number of anilines is 2. The number of morpholine rings is 1. The van der Waals surface area contributed by atoms with Gasteiger partial charge in [0.15, 0.2) is 0 Å². The molecule has 1 aromatic heterocycles. The molecule has 1 N–H and O–H groups in total. The highest BCUT2D eigenvalue weighted by Gasteiger charge is 2.38. The van der Waals surface area contributed by atoms with Crippen molar-refractivity contribution in [3.63, 3.8) is 0 Å². The molecule has 44 heavy (non-hydrogen) atoms. The zero-order valence-corrected chi connectivity index (χ0v) is 25.2. The Kier molecular flexibility index (Phi) is 7.87. The summed E-state index contributed by atoms with van der Waals surface area (Å²) in [6.45, 7) is 8.14. The number of hydrogen-bond acceptors (Lipinski definition) is 9. The number of nitrogens with zero attached hydrogens (tertiary/aromatic N) is 7. The van der Waals surface area contributed by atoms with Crippen molar-refractivity contribution in [2.45, 2.75) is 57.3 Å². The molecule has 4 aliphatic heterocycles. The Labute approximate surface area is 257 Å². The molecule has 5 heterocycles. The second kappa shape index (κ2) is 12.1. The second-order valence-corrected chi connectivity index (χ2v) is 12.4. The largest absolute Gasteiger partial charge is 0.465 e. The highest BCUT2D eigenvalue weighted by Crippen LogP contribution is 2.36. The zero-order chi connectivity index (χ0) is 30.2. The molecule has 11 nitrogen and oxygen atoms in total. The predicted molar refractivity (Wildman–Crippen MR) is 166 cm³/mol. The molecule has 230 valence electrons. The monoisotopic (exact) mass is 597 g/mol. The van der Waals surface area contributed by atoms with E-state index < -0.39 is 12.1 Å². The molecule has 3 aromatic rings. The molecule has 2 aromatic carbocycles. The SMILES string of the molecule is Cc1cccc2cccc(N3CCc4c(nc(OCCCN5C[C@@H]6C[C@H]5CO6)nc4N4CCN(C(=O)O)[C@@H](CC#N)C4)C3)c12. The maximum absolute atomic E-state index is 11.9. The number of benzene rings is 2. The Morgan fingerprint density at radius 2 is 2.00 bits per heavy atom. The first kappa shape index (κ1) is 28.6. The number of fused-ring (bicyclic) bond motifs is 4. The first-order valence-corrected chi connectivity index (χ1v) is 15.7. The second-order valence-electron chi connectivity index (χ2n) is 12.4. The van der Waals surface area contributed by atoms with Gasteiger partial charge in [0, 0.05) is 61.9 Å². The summed E-state index contributed by atoms with van der Waals surface area (Å²) in [5, 5.41) is 21.6. The highest BCUT2D eigenvalue weighted by atomic mass is 16.5. The van der Waals surface area contributed by atoms with Crippen molar-refractivity contribution in [2.75, 3.05) is 62.3 Å². The van der Waals surface area contributed by atoms with Crippen molar-refractivity contribution in [1.82, 2.24) is 19.8 Å². The lowest BCUT2D eigenvalue weighted by atomic mass is 9.99. The summed E-state index contributed by atoms with van der Waals surface area (Å²) >= 11 is 0. The summed E-state index contributed by atoms with van der Waals surface area (Å²) in [4.78, 5) is 30.2. The molecule has 11 heteroatoms. The van der Waals surface area contributed by atoms with Gasteiger partial charge >= 0.3 is 12.1 Å². The van der Waals surface area contributed by atoms with Gasteiger partial charge in [-0.1, -0.05) is 30.3 Å². The quantitative estimate of drug-likeness (QED) is 0.384. The summed E-state index contributed by atoms with van der Waals surface area (Å²) in [7, 11) is 0. The van der Waals surface area contributed by atoms with Crippen LogP contribution in [0.1, 0.15) is 36.1 Å². The molecule has 3 atom stereocenters. The summed E-state index contributed by atoms with van der Waals surface area (Å²) in [5.74, 6) is 0.806. The molecule has 0 aliphatic carbocycles. The number of likely N-dealkylation sites (tertiary alicyclic amines) is 1. The van der Waals surface area contributed by atoms with Crippen LogP contribution < -0.4 is 14.5 Å². The Hall–Kier alpha value is -4.14. The number of aromatic nitrogens is 2. The minimum absolute atomic E-state index is 0.136. The zero-order valence-electron chi connectivity index (χ0n) is 25.2. The van der Waals surface area contributed by atoms with E-state index in [9.17, 15) is 15.2 Å². The van der Waals surface area contributed by atoms with Gasteiger partial charge in [-0.3, -0.25) is 4.90 Å². The van der Waals surface area contributed by atoms with Crippen molar-refractivity contribution in [2.24, 2.45) is 0 Å². The Morgan fingerprint density at radius 3 is 2.77 bits per heavy atom.